The molecule has 5 nitrogen and oxygen atoms in total. The quantitative estimate of drug-likeness (QED) is 0.793. The summed E-state index contributed by atoms with van der Waals surface area (Å²) in [4.78, 5) is 13.4. The molecule has 1 heterocycles. The SMILES string of the molecule is C[C@@]1(O)CC[C@@H]2[C@H]3CC[C@]4(C)[C@@H](C(=O)Cn5cc(C#N)cn5)CC[C@H]4[C@@H]3C3CC3[C@@H]2C1. The molecule has 0 radical (unpaired) electrons. The number of rotatable bonds is 3. The van der Waals surface area contributed by atoms with Crippen molar-refractivity contribution in [2.45, 2.75) is 77.4 Å². The summed E-state index contributed by atoms with van der Waals surface area (Å²) in [5.41, 5.74) is 0.197. The number of nitrogens with zero attached hydrogens (tertiary/aromatic N) is 3. The van der Waals surface area contributed by atoms with Gasteiger partial charge in [0.15, 0.2) is 5.78 Å². The first-order chi connectivity index (χ1) is 14.8. The summed E-state index contributed by atoms with van der Waals surface area (Å²) in [6.07, 6.45) is 12.5. The first-order valence-electron chi connectivity index (χ1n) is 12.5. The molecule has 5 fully saturated rings. The Kier molecular flexibility index (Phi) is 4.30. The molecule has 166 valence electrons. The average molecular weight is 422 g/mol. The van der Waals surface area contributed by atoms with Gasteiger partial charge in [-0.15, -0.1) is 0 Å². The molecule has 0 amide bonds. The lowest BCUT2D eigenvalue weighted by Crippen LogP contribution is -2.52. The molecule has 0 aromatic carbocycles. The van der Waals surface area contributed by atoms with Crippen LogP contribution in [-0.2, 0) is 11.3 Å². The molecular formula is C26H35N3O2. The second-order valence-corrected chi connectivity index (χ2v) is 12.2. The van der Waals surface area contributed by atoms with E-state index in [0.717, 1.165) is 54.8 Å². The van der Waals surface area contributed by atoms with Gasteiger partial charge in [-0.05, 0) is 105 Å². The maximum Gasteiger partial charge on any atom is 0.157 e. The minimum absolute atomic E-state index is 0.129. The summed E-state index contributed by atoms with van der Waals surface area (Å²) in [6.45, 7) is 4.77. The van der Waals surface area contributed by atoms with E-state index in [1.807, 2.05) is 0 Å². The third kappa shape index (κ3) is 2.97. The highest BCUT2D eigenvalue weighted by Crippen LogP contribution is 2.72. The molecule has 0 aliphatic heterocycles. The molecule has 2 unspecified atom stereocenters. The van der Waals surface area contributed by atoms with E-state index in [1.165, 1.54) is 32.1 Å². The number of Topliss-reactive ketones (excluding diaryl/α,β-unsaturated/α-hetero) is 1. The Bertz CT molecular complexity index is 945. The van der Waals surface area contributed by atoms with Crippen LogP contribution in [0.5, 0.6) is 0 Å². The van der Waals surface area contributed by atoms with Gasteiger partial charge in [0.05, 0.1) is 23.9 Å². The van der Waals surface area contributed by atoms with Crippen LogP contribution in [0.3, 0.4) is 0 Å². The van der Waals surface area contributed by atoms with Gasteiger partial charge in [0.1, 0.15) is 6.07 Å². The molecule has 1 aromatic rings. The van der Waals surface area contributed by atoms with Crippen molar-refractivity contribution >= 4 is 5.78 Å². The smallest absolute Gasteiger partial charge is 0.157 e. The molecule has 31 heavy (non-hydrogen) atoms. The van der Waals surface area contributed by atoms with E-state index < -0.39 is 5.60 Å². The number of nitriles is 1. The van der Waals surface area contributed by atoms with Crippen molar-refractivity contribution in [1.29, 1.82) is 5.26 Å². The molecule has 5 aliphatic rings. The molecule has 0 spiro atoms. The van der Waals surface area contributed by atoms with E-state index >= 15 is 0 Å². The van der Waals surface area contributed by atoms with Crippen molar-refractivity contribution in [3.05, 3.63) is 18.0 Å². The van der Waals surface area contributed by atoms with Crippen LogP contribution in [0, 0.1) is 64.1 Å². The van der Waals surface area contributed by atoms with Crippen LogP contribution < -0.4 is 0 Å². The Morgan fingerprint density at radius 1 is 1.16 bits per heavy atom. The minimum atomic E-state index is -0.451. The van der Waals surface area contributed by atoms with Gasteiger partial charge in [-0.25, -0.2) is 0 Å². The molecule has 6 rings (SSSR count). The number of carbonyl (C=O) groups excluding carboxylic acids is 1. The summed E-state index contributed by atoms with van der Waals surface area (Å²) in [6, 6.07) is 2.10. The van der Waals surface area contributed by atoms with Crippen LogP contribution in [0.25, 0.3) is 0 Å². The fraction of sp³-hybridized carbons (Fsp3) is 0.808. The normalized spacial score (nSPS) is 49.9. The summed E-state index contributed by atoms with van der Waals surface area (Å²) in [5, 5.41) is 24.0. The zero-order valence-electron chi connectivity index (χ0n) is 18.8. The second kappa shape index (κ2) is 6.67. The third-order valence-electron chi connectivity index (χ3n) is 10.6. The molecular weight excluding hydrogens is 386 g/mol. The molecule has 0 bridgehead atoms. The first kappa shape index (κ1) is 20.0. The van der Waals surface area contributed by atoms with Crippen LogP contribution in [0.1, 0.15) is 70.8 Å². The number of hydrogen-bond donors (Lipinski definition) is 1. The van der Waals surface area contributed by atoms with Crippen molar-refractivity contribution in [3.8, 4) is 6.07 Å². The fourth-order valence-corrected chi connectivity index (χ4v) is 9.27. The van der Waals surface area contributed by atoms with E-state index in [4.69, 9.17) is 5.26 Å². The maximum atomic E-state index is 13.4. The zero-order chi connectivity index (χ0) is 21.5. The van der Waals surface area contributed by atoms with Gasteiger partial charge >= 0.3 is 0 Å². The summed E-state index contributed by atoms with van der Waals surface area (Å²) in [5.74, 6) is 5.99. The largest absolute Gasteiger partial charge is 0.390 e. The van der Waals surface area contributed by atoms with Crippen LogP contribution >= 0.6 is 0 Å². The van der Waals surface area contributed by atoms with Crippen molar-refractivity contribution in [1.82, 2.24) is 9.78 Å². The second-order valence-electron chi connectivity index (χ2n) is 12.2. The fourth-order valence-electron chi connectivity index (χ4n) is 9.27. The summed E-state index contributed by atoms with van der Waals surface area (Å²) >= 11 is 0. The van der Waals surface area contributed by atoms with E-state index in [2.05, 4.69) is 25.0 Å². The number of fused-ring (bicyclic) bond motifs is 8. The zero-order valence-corrected chi connectivity index (χ0v) is 18.8. The minimum Gasteiger partial charge on any atom is -0.390 e. The number of hydrogen-bond acceptors (Lipinski definition) is 4. The van der Waals surface area contributed by atoms with Gasteiger partial charge in [-0.2, -0.15) is 10.4 Å². The molecule has 5 aliphatic carbocycles. The highest BCUT2D eigenvalue weighted by Gasteiger charge is 2.66. The van der Waals surface area contributed by atoms with Gasteiger partial charge in [-0.3, -0.25) is 9.48 Å². The van der Waals surface area contributed by atoms with Crippen molar-refractivity contribution in [2.75, 3.05) is 0 Å². The third-order valence-corrected chi connectivity index (χ3v) is 10.6. The maximum absolute atomic E-state index is 13.4. The Morgan fingerprint density at radius 3 is 2.74 bits per heavy atom. The molecule has 0 saturated heterocycles. The molecule has 1 N–H and O–H groups in total. The van der Waals surface area contributed by atoms with Crippen LogP contribution in [0.4, 0.5) is 0 Å². The molecule has 5 saturated carbocycles. The summed E-state index contributed by atoms with van der Waals surface area (Å²) in [7, 11) is 0. The molecule has 10 atom stereocenters. The van der Waals surface area contributed by atoms with Crippen LogP contribution in [-0.4, -0.2) is 26.3 Å². The Balaban J connectivity index is 1.22. The number of aliphatic hydroxyl groups is 1. The van der Waals surface area contributed by atoms with Gasteiger partial charge < -0.3 is 5.11 Å². The topological polar surface area (TPSA) is 78.9 Å². The van der Waals surface area contributed by atoms with E-state index in [1.54, 1.807) is 17.1 Å². The number of carbonyl (C=O) groups is 1. The van der Waals surface area contributed by atoms with Gasteiger partial charge in [0.2, 0.25) is 0 Å². The molecule has 1 aromatic heterocycles. The Labute approximate surface area is 185 Å². The van der Waals surface area contributed by atoms with E-state index in [0.29, 0.717) is 23.8 Å². The predicted molar refractivity (Wildman–Crippen MR) is 116 cm³/mol. The number of aromatic nitrogens is 2. The highest BCUT2D eigenvalue weighted by molar-refractivity contribution is 5.82. The van der Waals surface area contributed by atoms with Gasteiger partial charge in [0, 0.05) is 12.1 Å². The van der Waals surface area contributed by atoms with Gasteiger partial charge in [0.25, 0.3) is 0 Å². The monoisotopic (exact) mass is 421 g/mol. The lowest BCUT2D eigenvalue weighted by molar-refractivity contribution is -0.133. The molecule has 5 heteroatoms. The van der Waals surface area contributed by atoms with Crippen LogP contribution in [0.15, 0.2) is 12.4 Å². The van der Waals surface area contributed by atoms with E-state index in [9.17, 15) is 9.90 Å². The van der Waals surface area contributed by atoms with Crippen molar-refractivity contribution in [3.63, 3.8) is 0 Å². The Hall–Kier alpha value is -1.67. The van der Waals surface area contributed by atoms with E-state index in [-0.39, 0.29) is 11.3 Å². The van der Waals surface area contributed by atoms with Crippen molar-refractivity contribution in [2.24, 2.45) is 52.8 Å². The van der Waals surface area contributed by atoms with Crippen LogP contribution in [0.2, 0.25) is 0 Å². The Morgan fingerprint density at radius 2 is 1.97 bits per heavy atom. The first-order valence-corrected chi connectivity index (χ1v) is 12.5. The standard InChI is InChI=1S/C26H35N3O2/c1-25(31)7-5-16-17-6-8-26(2)21(23(30)14-29-13-15(11-27)12-28-29)3-4-22(26)24(17)19-9-18(19)20(16)10-25/h12-13,16-22,24,31H,3-10,14H2,1-2H3/t16-,17-,18?,19?,20-,21-,22+,24+,25-,26-/m1/s1. The number of ketones is 1. The summed E-state index contributed by atoms with van der Waals surface area (Å²) < 4.78 is 1.65. The lowest BCUT2D eigenvalue weighted by Gasteiger charge is -2.56. The average Bonchev–Trinajstić information content (AvgIpc) is 3.27. The lowest BCUT2D eigenvalue weighted by atomic mass is 9.49. The van der Waals surface area contributed by atoms with Crippen molar-refractivity contribution < 1.29 is 9.90 Å². The predicted octanol–water partition coefficient (Wildman–Crippen LogP) is 4.20. The highest BCUT2D eigenvalue weighted by atomic mass is 16.3. The van der Waals surface area contributed by atoms with Gasteiger partial charge in [-0.1, -0.05) is 6.92 Å².